The summed E-state index contributed by atoms with van der Waals surface area (Å²) in [5, 5.41) is 6.43. The lowest BCUT2D eigenvalue weighted by atomic mass is 10.2. The molecule has 6 nitrogen and oxygen atoms in total. The molecule has 0 radical (unpaired) electrons. The molecule has 3 aromatic rings. The fraction of sp³-hybridized carbons (Fsp3) is 0.160. The lowest BCUT2D eigenvalue weighted by Gasteiger charge is -2.09. The van der Waals surface area contributed by atoms with E-state index in [0.717, 1.165) is 14.3 Å². The molecular weight excluding hydrogens is 575 g/mol. The maximum atomic E-state index is 12.2. The van der Waals surface area contributed by atoms with Gasteiger partial charge in [0, 0.05) is 37.8 Å². The Labute approximate surface area is 225 Å². The highest BCUT2D eigenvalue weighted by Crippen LogP contribution is 2.29. The highest BCUT2D eigenvalue weighted by molar-refractivity contribution is 9.10. The molecular formula is C25H21BrCl2N2O4S. The normalized spacial score (nSPS) is 10.5. The fourth-order valence-corrected chi connectivity index (χ4v) is 4.52. The smallest absolute Gasteiger partial charge is 0.306 e. The van der Waals surface area contributed by atoms with Gasteiger partial charge in [-0.3, -0.25) is 14.4 Å². The number of hydrogen-bond acceptors (Lipinski definition) is 5. The van der Waals surface area contributed by atoms with Crippen molar-refractivity contribution in [3.05, 3.63) is 81.2 Å². The second kappa shape index (κ2) is 13.5. The largest absolute Gasteiger partial charge is 0.456 e. The molecule has 182 valence electrons. The van der Waals surface area contributed by atoms with E-state index in [0.29, 0.717) is 27.8 Å². The van der Waals surface area contributed by atoms with Gasteiger partial charge in [-0.15, -0.1) is 0 Å². The standard InChI is InChI=1S/C25H21BrCl2N2O4S/c26-16-4-13-22(21(28)14-16)30-24(32)15-34-25(33)3-1-2-23(31)29-18-7-11-20(12-8-18)35-19-9-5-17(27)6-10-19/h4-14H,1-3,15H2,(H,29,31)(H,30,32). The van der Waals surface area contributed by atoms with Crippen LogP contribution in [0.15, 0.2) is 81.0 Å². The van der Waals surface area contributed by atoms with Gasteiger partial charge < -0.3 is 15.4 Å². The van der Waals surface area contributed by atoms with Gasteiger partial charge in [0.25, 0.3) is 5.91 Å². The van der Waals surface area contributed by atoms with Crippen LogP contribution in [0.25, 0.3) is 0 Å². The van der Waals surface area contributed by atoms with Gasteiger partial charge in [0.1, 0.15) is 0 Å². The molecule has 0 fully saturated rings. The van der Waals surface area contributed by atoms with Crippen molar-refractivity contribution in [2.45, 2.75) is 29.1 Å². The maximum Gasteiger partial charge on any atom is 0.306 e. The van der Waals surface area contributed by atoms with Gasteiger partial charge in [0.15, 0.2) is 6.61 Å². The summed E-state index contributed by atoms with van der Waals surface area (Å²) in [5.41, 5.74) is 1.09. The number of halogens is 3. The minimum Gasteiger partial charge on any atom is -0.456 e. The average Bonchev–Trinajstić information content (AvgIpc) is 2.82. The molecule has 0 spiro atoms. The van der Waals surface area contributed by atoms with E-state index in [2.05, 4.69) is 26.6 Å². The molecule has 0 unspecified atom stereocenters. The Hall–Kier alpha value is -2.52. The Morgan fingerprint density at radius 1 is 0.829 bits per heavy atom. The Kier molecular flexibility index (Phi) is 10.5. The first-order valence-electron chi connectivity index (χ1n) is 10.5. The number of esters is 1. The first kappa shape index (κ1) is 27.1. The number of carbonyl (C=O) groups is 3. The number of carbonyl (C=O) groups excluding carboxylic acids is 3. The molecule has 0 aromatic heterocycles. The van der Waals surface area contributed by atoms with Crippen LogP contribution >= 0.6 is 50.9 Å². The zero-order valence-corrected chi connectivity index (χ0v) is 22.3. The molecule has 10 heteroatoms. The van der Waals surface area contributed by atoms with Gasteiger partial charge in [-0.25, -0.2) is 0 Å². The molecule has 0 saturated carbocycles. The van der Waals surface area contributed by atoms with Crippen LogP contribution in [0, 0.1) is 0 Å². The van der Waals surface area contributed by atoms with Crippen LogP contribution in [0.4, 0.5) is 11.4 Å². The van der Waals surface area contributed by atoms with E-state index in [1.165, 1.54) is 0 Å². The molecule has 0 aliphatic carbocycles. The Morgan fingerprint density at radius 2 is 1.49 bits per heavy atom. The minimum absolute atomic E-state index is 0.0242. The highest BCUT2D eigenvalue weighted by Gasteiger charge is 2.11. The van der Waals surface area contributed by atoms with Gasteiger partial charge in [-0.1, -0.05) is 50.9 Å². The van der Waals surface area contributed by atoms with E-state index < -0.39 is 18.5 Å². The van der Waals surface area contributed by atoms with E-state index >= 15 is 0 Å². The Bertz CT molecular complexity index is 1190. The third-order valence-electron chi connectivity index (χ3n) is 4.54. The van der Waals surface area contributed by atoms with Crippen molar-refractivity contribution in [3.63, 3.8) is 0 Å². The molecule has 0 aliphatic rings. The van der Waals surface area contributed by atoms with Crippen LogP contribution in [0.3, 0.4) is 0 Å². The monoisotopic (exact) mass is 594 g/mol. The maximum absolute atomic E-state index is 12.2. The summed E-state index contributed by atoms with van der Waals surface area (Å²) in [4.78, 5) is 38.1. The molecule has 0 bridgehead atoms. The van der Waals surface area contributed by atoms with Crippen LogP contribution < -0.4 is 10.6 Å². The first-order valence-corrected chi connectivity index (χ1v) is 12.9. The summed E-state index contributed by atoms with van der Waals surface area (Å²) in [6.07, 6.45) is 0.475. The quantitative estimate of drug-likeness (QED) is 0.242. The van der Waals surface area contributed by atoms with Gasteiger partial charge in [0.2, 0.25) is 5.91 Å². The summed E-state index contributed by atoms with van der Waals surface area (Å²) in [6, 6.07) is 20.0. The fourth-order valence-electron chi connectivity index (χ4n) is 2.86. The molecule has 35 heavy (non-hydrogen) atoms. The number of rotatable bonds is 10. The van der Waals surface area contributed by atoms with Crippen LogP contribution in [0.2, 0.25) is 10.0 Å². The van der Waals surface area contributed by atoms with Crippen LogP contribution in [0.5, 0.6) is 0 Å². The Morgan fingerprint density at radius 3 is 2.14 bits per heavy atom. The predicted molar refractivity (Wildman–Crippen MR) is 143 cm³/mol. The van der Waals surface area contributed by atoms with Gasteiger partial charge in [-0.05, 0) is 73.2 Å². The molecule has 0 heterocycles. The molecule has 0 atom stereocenters. The van der Waals surface area contributed by atoms with Gasteiger partial charge >= 0.3 is 5.97 Å². The zero-order chi connectivity index (χ0) is 25.2. The number of hydrogen-bond donors (Lipinski definition) is 2. The SMILES string of the molecule is O=C(CCCC(=O)OCC(=O)Nc1ccc(Br)cc1Cl)Nc1ccc(Sc2ccc(Cl)cc2)cc1. The predicted octanol–water partition coefficient (Wildman–Crippen LogP) is 7.20. The number of amides is 2. The lowest BCUT2D eigenvalue weighted by Crippen LogP contribution is -2.21. The van der Waals surface area contributed by atoms with E-state index in [4.69, 9.17) is 27.9 Å². The van der Waals surface area contributed by atoms with Crippen LogP contribution in [0.1, 0.15) is 19.3 Å². The van der Waals surface area contributed by atoms with Crippen molar-refractivity contribution in [2.24, 2.45) is 0 Å². The number of anilines is 2. The van der Waals surface area contributed by atoms with E-state index in [9.17, 15) is 14.4 Å². The van der Waals surface area contributed by atoms with Crippen LogP contribution in [-0.2, 0) is 19.1 Å². The van der Waals surface area contributed by atoms with E-state index in [1.54, 1.807) is 30.0 Å². The summed E-state index contributed by atoms with van der Waals surface area (Å²) in [6.45, 7) is -0.433. The topological polar surface area (TPSA) is 84.5 Å². The van der Waals surface area contributed by atoms with Crippen molar-refractivity contribution in [3.8, 4) is 0 Å². The molecule has 2 amide bonds. The highest BCUT2D eigenvalue weighted by atomic mass is 79.9. The van der Waals surface area contributed by atoms with E-state index in [1.807, 2.05) is 48.5 Å². The van der Waals surface area contributed by atoms with Crippen molar-refractivity contribution in [1.29, 1.82) is 0 Å². The van der Waals surface area contributed by atoms with Crippen LogP contribution in [-0.4, -0.2) is 24.4 Å². The number of benzene rings is 3. The summed E-state index contributed by atoms with van der Waals surface area (Å²) in [5.74, 6) is -1.27. The Balaban J connectivity index is 1.33. The van der Waals surface area contributed by atoms with Gasteiger partial charge in [-0.2, -0.15) is 0 Å². The second-order valence-electron chi connectivity index (χ2n) is 7.32. The van der Waals surface area contributed by atoms with Crippen molar-refractivity contribution < 1.29 is 19.1 Å². The third-order valence-corrected chi connectivity index (χ3v) is 6.62. The zero-order valence-electron chi connectivity index (χ0n) is 18.4. The molecule has 3 aromatic carbocycles. The van der Waals surface area contributed by atoms with Crippen molar-refractivity contribution >= 4 is 80.1 Å². The molecule has 0 aliphatic heterocycles. The third kappa shape index (κ3) is 9.57. The van der Waals surface area contributed by atoms with E-state index in [-0.39, 0.29) is 18.7 Å². The molecule has 0 saturated heterocycles. The number of ether oxygens (including phenoxy) is 1. The van der Waals surface area contributed by atoms with Gasteiger partial charge in [0.05, 0.1) is 10.7 Å². The number of nitrogens with one attached hydrogen (secondary N) is 2. The van der Waals surface area contributed by atoms with Crippen molar-refractivity contribution in [1.82, 2.24) is 0 Å². The molecule has 2 N–H and O–H groups in total. The summed E-state index contributed by atoms with van der Waals surface area (Å²) < 4.78 is 5.74. The lowest BCUT2D eigenvalue weighted by molar-refractivity contribution is -0.147. The molecule has 3 rings (SSSR count). The first-order chi connectivity index (χ1) is 16.8. The second-order valence-corrected chi connectivity index (χ2v) is 10.2. The summed E-state index contributed by atoms with van der Waals surface area (Å²) >= 11 is 16.8. The van der Waals surface area contributed by atoms with Crippen molar-refractivity contribution in [2.75, 3.05) is 17.2 Å². The summed E-state index contributed by atoms with van der Waals surface area (Å²) in [7, 11) is 0. The minimum atomic E-state index is -0.557. The average molecular weight is 596 g/mol.